The van der Waals surface area contributed by atoms with Gasteiger partial charge in [0.05, 0.1) is 6.21 Å². The zero-order chi connectivity index (χ0) is 18.1. The molecule has 1 aromatic rings. The standard InChI is InChI=1S/C21H23NO3S/c1-3-15-5-7-19-17-6-4-13-11-20-14(12-22-26(23,24)25-20)10-18(13)16(17)8-9-21(15,19)2/h10-12,16-17,19H,1,4-9H2,2H3/t16-,17+,19-,21+/m0/s1. The Kier molecular flexibility index (Phi) is 3.35. The minimum atomic E-state index is -3.82. The van der Waals surface area contributed by atoms with Gasteiger partial charge in [-0.3, -0.25) is 0 Å². The molecular formula is C21H23NO3S. The van der Waals surface area contributed by atoms with Crippen LogP contribution in [0.15, 0.2) is 34.4 Å². The fourth-order valence-corrected chi connectivity index (χ4v) is 6.81. The minimum Gasteiger partial charge on any atom is -0.365 e. The second-order valence-corrected chi connectivity index (χ2v) is 9.63. The SMILES string of the molecule is C=C=C1CC[C@H]2[C@@H]3CCc4cc5c(cc4[C@H]3CC[C@]12C)C=NS(=O)(=O)O5. The predicted molar refractivity (Wildman–Crippen MR) is 101 cm³/mol. The quantitative estimate of drug-likeness (QED) is 0.640. The number of aryl methyl sites for hydroxylation is 1. The Morgan fingerprint density at radius 3 is 2.92 bits per heavy atom. The molecule has 3 aliphatic carbocycles. The molecule has 0 radical (unpaired) electrons. The Bertz CT molecular complexity index is 987. The third-order valence-electron chi connectivity index (χ3n) is 7.37. The van der Waals surface area contributed by atoms with Crippen LogP contribution in [0, 0.1) is 17.3 Å². The number of nitrogens with zero attached hydrogens (tertiary/aromatic N) is 1. The molecule has 5 rings (SSSR count). The molecule has 1 aromatic carbocycles. The van der Waals surface area contributed by atoms with Crippen LogP contribution < -0.4 is 4.18 Å². The van der Waals surface area contributed by atoms with Crippen molar-refractivity contribution < 1.29 is 12.6 Å². The van der Waals surface area contributed by atoms with E-state index in [-0.39, 0.29) is 5.41 Å². The van der Waals surface area contributed by atoms with Crippen molar-refractivity contribution in [1.82, 2.24) is 0 Å². The van der Waals surface area contributed by atoms with Crippen LogP contribution in [0.25, 0.3) is 0 Å². The summed E-state index contributed by atoms with van der Waals surface area (Å²) in [6, 6.07) is 4.06. The zero-order valence-corrected chi connectivity index (χ0v) is 15.8. The van der Waals surface area contributed by atoms with E-state index in [9.17, 15) is 8.42 Å². The van der Waals surface area contributed by atoms with E-state index in [4.69, 9.17) is 4.18 Å². The first-order valence-corrected chi connectivity index (χ1v) is 10.8. The van der Waals surface area contributed by atoms with Gasteiger partial charge in [-0.05, 0) is 90.5 Å². The number of rotatable bonds is 0. The third-order valence-corrected chi connectivity index (χ3v) is 8.12. The molecule has 4 atom stereocenters. The second-order valence-electron chi connectivity index (χ2n) is 8.40. The molecule has 0 spiro atoms. The lowest BCUT2D eigenvalue weighted by atomic mass is 9.55. The Labute approximate surface area is 154 Å². The summed E-state index contributed by atoms with van der Waals surface area (Å²) in [5.74, 6) is 2.38. The predicted octanol–water partition coefficient (Wildman–Crippen LogP) is 4.31. The number of fused-ring (bicyclic) bond motifs is 6. The average Bonchev–Trinajstić information content (AvgIpc) is 2.95. The van der Waals surface area contributed by atoms with Gasteiger partial charge in [-0.15, -0.1) is 10.1 Å². The van der Waals surface area contributed by atoms with E-state index in [0.717, 1.165) is 18.4 Å². The Hall–Kier alpha value is -1.84. The zero-order valence-electron chi connectivity index (χ0n) is 15.0. The molecule has 0 amide bonds. The van der Waals surface area contributed by atoms with E-state index < -0.39 is 10.3 Å². The summed E-state index contributed by atoms with van der Waals surface area (Å²) in [6.45, 7) is 6.36. The van der Waals surface area contributed by atoms with Crippen molar-refractivity contribution in [2.75, 3.05) is 0 Å². The van der Waals surface area contributed by atoms with E-state index in [1.165, 1.54) is 48.6 Å². The van der Waals surface area contributed by atoms with E-state index in [0.29, 0.717) is 23.5 Å². The summed E-state index contributed by atoms with van der Waals surface area (Å²) in [5, 5.41) is 0. The number of hydrogen-bond acceptors (Lipinski definition) is 3. The Balaban J connectivity index is 1.55. The van der Waals surface area contributed by atoms with Crippen molar-refractivity contribution in [2.24, 2.45) is 21.6 Å². The highest BCUT2D eigenvalue weighted by Crippen LogP contribution is 2.62. The van der Waals surface area contributed by atoms with Crippen molar-refractivity contribution in [3.63, 3.8) is 0 Å². The molecule has 26 heavy (non-hydrogen) atoms. The molecule has 136 valence electrons. The van der Waals surface area contributed by atoms with Gasteiger partial charge in [0.1, 0.15) is 0 Å². The molecule has 0 bridgehead atoms. The van der Waals surface area contributed by atoms with Crippen molar-refractivity contribution in [3.05, 3.63) is 46.7 Å². The van der Waals surface area contributed by atoms with Gasteiger partial charge in [0.25, 0.3) is 0 Å². The summed E-state index contributed by atoms with van der Waals surface area (Å²) < 4.78 is 31.8. The van der Waals surface area contributed by atoms with E-state index in [2.05, 4.69) is 29.7 Å². The number of benzene rings is 1. The fraction of sp³-hybridized carbons (Fsp3) is 0.524. The van der Waals surface area contributed by atoms with E-state index in [1.54, 1.807) is 0 Å². The van der Waals surface area contributed by atoms with Gasteiger partial charge in [-0.1, -0.05) is 13.5 Å². The van der Waals surface area contributed by atoms with E-state index in [1.807, 2.05) is 6.07 Å². The van der Waals surface area contributed by atoms with Gasteiger partial charge >= 0.3 is 10.3 Å². The van der Waals surface area contributed by atoms with Crippen LogP contribution in [0.4, 0.5) is 0 Å². The average molecular weight is 369 g/mol. The van der Waals surface area contributed by atoms with Crippen LogP contribution >= 0.6 is 0 Å². The first-order chi connectivity index (χ1) is 12.4. The number of hydrogen-bond donors (Lipinski definition) is 0. The summed E-state index contributed by atoms with van der Waals surface area (Å²) >= 11 is 0. The maximum atomic E-state index is 11.6. The van der Waals surface area contributed by atoms with Crippen LogP contribution in [0.2, 0.25) is 0 Å². The number of allylic oxidation sites excluding steroid dienone is 1. The largest absolute Gasteiger partial charge is 0.428 e. The normalized spacial score (nSPS) is 36.2. The molecule has 0 aromatic heterocycles. The molecule has 1 heterocycles. The van der Waals surface area contributed by atoms with Gasteiger partial charge in [-0.2, -0.15) is 8.42 Å². The summed E-state index contributed by atoms with van der Waals surface area (Å²) in [7, 11) is -3.82. The highest BCUT2D eigenvalue weighted by atomic mass is 32.2. The molecular weight excluding hydrogens is 346 g/mol. The topological polar surface area (TPSA) is 55.7 Å². The summed E-state index contributed by atoms with van der Waals surface area (Å²) in [5.41, 5.74) is 8.36. The smallest absolute Gasteiger partial charge is 0.365 e. The summed E-state index contributed by atoms with van der Waals surface area (Å²) in [6.07, 6.45) is 8.34. The fourth-order valence-electron chi connectivity index (χ4n) is 6.15. The lowest BCUT2D eigenvalue weighted by molar-refractivity contribution is 0.0815. The third kappa shape index (κ3) is 2.20. The molecule has 2 fully saturated rings. The van der Waals surface area contributed by atoms with Crippen LogP contribution in [-0.4, -0.2) is 14.6 Å². The monoisotopic (exact) mass is 369 g/mol. The van der Waals surface area contributed by atoms with Gasteiger partial charge in [0.2, 0.25) is 0 Å². The molecule has 4 nitrogen and oxygen atoms in total. The lowest BCUT2D eigenvalue weighted by Gasteiger charge is -2.49. The Morgan fingerprint density at radius 2 is 2.12 bits per heavy atom. The molecule has 1 aliphatic heterocycles. The molecule has 2 saturated carbocycles. The van der Waals surface area contributed by atoms with Crippen molar-refractivity contribution in [2.45, 2.75) is 51.4 Å². The molecule has 0 saturated heterocycles. The lowest BCUT2D eigenvalue weighted by Crippen LogP contribution is -2.40. The van der Waals surface area contributed by atoms with Gasteiger partial charge in [0, 0.05) is 5.56 Å². The molecule has 0 unspecified atom stereocenters. The van der Waals surface area contributed by atoms with Crippen molar-refractivity contribution in [1.29, 1.82) is 0 Å². The van der Waals surface area contributed by atoms with Crippen LogP contribution in [0.5, 0.6) is 5.75 Å². The molecule has 4 aliphatic rings. The maximum Gasteiger partial charge on any atom is 0.428 e. The van der Waals surface area contributed by atoms with Crippen molar-refractivity contribution in [3.8, 4) is 5.75 Å². The van der Waals surface area contributed by atoms with Crippen molar-refractivity contribution >= 4 is 16.5 Å². The van der Waals surface area contributed by atoms with Gasteiger partial charge < -0.3 is 4.18 Å². The highest BCUT2D eigenvalue weighted by Gasteiger charge is 2.52. The summed E-state index contributed by atoms with van der Waals surface area (Å²) in [4.78, 5) is 0. The van der Waals surface area contributed by atoms with Gasteiger partial charge in [0.15, 0.2) is 5.75 Å². The first-order valence-electron chi connectivity index (χ1n) is 9.47. The van der Waals surface area contributed by atoms with E-state index >= 15 is 0 Å². The second kappa shape index (κ2) is 5.34. The van der Waals surface area contributed by atoms with Crippen LogP contribution in [-0.2, 0) is 16.7 Å². The highest BCUT2D eigenvalue weighted by molar-refractivity contribution is 7.86. The molecule has 0 N–H and O–H groups in total. The van der Waals surface area contributed by atoms with Crippen LogP contribution in [0.1, 0.15) is 61.6 Å². The molecule has 5 heteroatoms. The maximum absolute atomic E-state index is 11.6. The minimum absolute atomic E-state index is 0.271. The Morgan fingerprint density at radius 1 is 1.27 bits per heavy atom. The van der Waals surface area contributed by atoms with Crippen LogP contribution in [0.3, 0.4) is 0 Å². The van der Waals surface area contributed by atoms with Gasteiger partial charge in [-0.25, -0.2) is 0 Å². The first kappa shape index (κ1) is 16.3.